The molecule has 20 heavy (non-hydrogen) atoms. The van der Waals surface area contributed by atoms with Crippen molar-refractivity contribution < 1.29 is 0 Å². The van der Waals surface area contributed by atoms with Gasteiger partial charge in [0.1, 0.15) is 10.7 Å². The molecule has 0 fully saturated rings. The largest absolute Gasteiger partial charge is 0.359 e. The van der Waals surface area contributed by atoms with E-state index in [1.54, 1.807) is 0 Å². The second-order valence-corrected chi connectivity index (χ2v) is 7.49. The van der Waals surface area contributed by atoms with Crippen LogP contribution in [0.1, 0.15) is 0 Å². The van der Waals surface area contributed by atoms with E-state index in [-0.39, 0.29) is 0 Å². The third-order valence-corrected chi connectivity index (χ3v) is 6.99. The SMILES string of the molecule is CN1c2ccccc2SC1C1Sc2ccccc2N1C. The zero-order valence-corrected chi connectivity index (χ0v) is 13.1. The first kappa shape index (κ1) is 12.5. The number of nitrogens with zero attached hydrogens (tertiary/aromatic N) is 2. The van der Waals surface area contributed by atoms with E-state index in [9.17, 15) is 0 Å². The molecule has 0 spiro atoms. The van der Waals surface area contributed by atoms with Gasteiger partial charge in [-0.15, -0.1) is 0 Å². The summed E-state index contributed by atoms with van der Waals surface area (Å²) in [6, 6.07) is 17.4. The van der Waals surface area contributed by atoms with E-state index < -0.39 is 0 Å². The minimum Gasteiger partial charge on any atom is -0.359 e. The van der Waals surface area contributed by atoms with E-state index in [1.807, 2.05) is 23.5 Å². The van der Waals surface area contributed by atoms with Crippen LogP contribution >= 0.6 is 23.5 Å². The van der Waals surface area contributed by atoms with Gasteiger partial charge in [0.05, 0.1) is 11.4 Å². The normalized spacial score (nSPS) is 23.9. The topological polar surface area (TPSA) is 6.48 Å². The summed E-state index contributed by atoms with van der Waals surface area (Å²) in [7, 11) is 4.42. The molecule has 0 amide bonds. The third kappa shape index (κ3) is 1.75. The molecule has 2 unspecified atom stereocenters. The maximum atomic E-state index is 2.42. The molecule has 0 N–H and O–H groups in total. The fourth-order valence-corrected chi connectivity index (χ4v) is 5.86. The Morgan fingerprint density at radius 1 is 0.700 bits per heavy atom. The number of likely N-dealkylation sites (N-methyl/N-ethyl adjacent to an activating group) is 2. The van der Waals surface area contributed by atoms with Gasteiger partial charge in [0.25, 0.3) is 0 Å². The molecular weight excluding hydrogens is 284 g/mol. The fourth-order valence-electron chi connectivity index (χ4n) is 2.89. The number of hydrogen-bond acceptors (Lipinski definition) is 4. The maximum Gasteiger partial charge on any atom is 0.110 e. The first-order chi connectivity index (χ1) is 9.75. The summed E-state index contributed by atoms with van der Waals surface area (Å²) in [5.41, 5.74) is 2.71. The van der Waals surface area contributed by atoms with Crippen LogP contribution in [-0.4, -0.2) is 24.8 Å². The van der Waals surface area contributed by atoms with Crippen LogP contribution < -0.4 is 9.80 Å². The van der Waals surface area contributed by atoms with Gasteiger partial charge in [0.15, 0.2) is 0 Å². The van der Waals surface area contributed by atoms with Crippen LogP contribution in [-0.2, 0) is 0 Å². The number of hydrogen-bond donors (Lipinski definition) is 0. The predicted octanol–water partition coefficient (Wildman–Crippen LogP) is 4.12. The van der Waals surface area contributed by atoms with E-state index in [2.05, 4.69) is 72.4 Å². The minimum absolute atomic E-state index is 0.454. The van der Waals surface area contributed by atoms with Crippen molar-refractivity contribution in [2.45, 2.75) is 20.5 Å². The lowest BCUT2D eigenvalue weighted by molar-refractivity contribution is 0.763. The van der Waals surface area contributed by atoms with Crippen molar-refractivity contribution >= 4 is 34.9 Å². The quantitative estimate of drug-likeness (QED) is 0.781. The Morgan fingerprint density at radius 2 is 1.10 bits per heavy atom. The molecule has 2 heterocycles. The fraction of sp³-hybridized carbons (Fsp3) is 0.250. The highest BCUT2D eigenvalue weighted by molar-refractivity contribution is 8.04. The van der Waals surface area contributed by atoms with Gasteiger partial charge in [0, 0.05) is 23.9 Å². The summed E-state index contributed by atoms with van der Waals surface area (Å²) in [6.45, 7) is 0. The zero-order valence-electron chi connectivity index (χ0n) is 11.5. The Bertz CT molecular complexity index is 601. The Labute approximate surface area is 128 Å². The molecule has 2 aliphatic rings. The molecular formula is C16H16N2S2. The lowest BCUT2D eigenvalue weighted by Gasteiger charge is -2.31. The van der Waals surface area contributed by atoms with Gasteiger partial charge in [-0.05, 0) is 24.3 Å². The molecule has 2 aromatic carbocycles. The molecule has 2 nitrogen and oxygen atoms in total. The molecule has 0 saturated carbocycles. The molecule has 0 aliphatic carbocycles. The van der Waals surface area contributed by atoms with Crippen molar-refractivity contribution in [1.29, 1.82) is 0 Å². The van der Waals surface area contributed by atoms with Crippen LogP contribution in [0.5, 0.6) is 0 Å². The first-order valence-electron chi connectivity index (χ1n) is 6.73. The standard InChI is InChI=1S/C16H16N2S2/c1-17-11-7-3-5-9-13(11)19-15(17)16-18(2)12-8-4-6-10-14(12)20-16/h3-10,15-16H,1-2H3. The van der Waals surface area contributed by atoms with Gasteiger partial charge in [-0.25, -0.2) is 0 Å². The van der Waals surface area contributed by atoms with Crippen molar-refractivity contribution in [3.05, 3.63) is 48.5 Å². The van der Waals surface area contributed by atoms with Crippen LogP contribution in [0.25, 0.3) is 0 Å². The van der Waals surface area contributed by atoms with Crippen molar-refractivity contribution in [2.24, 2.45) is 0 Å². The molecule has 4 heteroatoms. The number of thioether (sulfide) groups is 2. The van der Waals surface area contributed by atoms with E-state index in [0.717, 1.165) is 0 Å². The minimum atomic E-state index is 0.454. The molecule has 0 bridgehead atoms. The van der Waals surface area contributed by atoms with Gasteiger partial charge in [-0.1, -0.05) is 47.8 Å². The Hall–Kier alpha value is -1.26. The smallest absolute Gasteiger partial charge is 0.110 e. The molecule has 102 valence electrons. The van der Waals surface area contributed by atoms with Gasteiger partial charge in [-0.3, -0.25) is 0 Å². The highest BCUT2D eigenvalue weighted by Gasteiger charge is 2.40. The first-order valence-corrected chi connectivity index (χ1v) is 8.49. The summed E-state index contributed by atoms with van der Waals surface area (Å²) in [5, 5.41) is 0.907. The lowest BCUT2D eigenvalue weighted by Crippen LogP contribution is -2.41. The predicted molar refractivity (Wildman–Crippen MR) is 89.0 cm³/mol. The van der Waals surface area contributed by atoms with E-state index >= 15 is 0 Å². The lowest BCUT2D eigenvalue weighted by atomic mass is 10.3. The van der Waals surface area contributed by atoms with E-state index in [4.69, 9.17) is 0 Å². The molecule has 2 aliphatic heterocycles. The van der Waals surface area contributed by atoms with Gasteiger partial charge in [-0.2, -0.15) is 0 Å². The molecule has 4 rings (SSSR count). The molecule has 0 radical (unpaired) electrons. The van der Waals surface area contributed by atoms with E-state index in [0.29, 0.717) is 10.7 Å². The highest BCUT2D eigenvalue weighted by atomic mass is 32.2. The number of benzene rings is 2. The summed E-state index contributed by atoms with van der Waals surface area (Å²) in [4.78, 5) is 7.62. The third-order valence-electron chi connectivity index (χ3n) is 3.99. The van der Waals surface area contributed by atoms with Crippen LogP contribution in [0.4, 0.5) is 11.4 Å². The Morgan fingerprint density at radius 3 is 1.50 bits per heavy atom. The summed E-state index contributed by atoms with van der Waals surface area (Å²) < 4.78 is 0. The molecule has 0 saturated heterocycles. The van der Waals surface area contributed by atoms with Gasteiger partial charge < -0.3 is 9.80 Å². The monoisotopic (exact) mass is 300 g/mol. The van der Waals surface area contributed by atoms with Gasteiger partial charge in [0.2, 0.25) is 0 Å². The van der Waals surface area contributed by atoms with Crippen LogP contribution in [0.3, 0.4) is 0 Å². The van der Waals surface area contributed by atoms with E-state index in [1.165, 1.54) is 21.2 Å². The van der Waals surface area contributed by atoms with Crippen LogP contribution in [0.15, 0.2) is 58.3 Å². The van der Waals surface area contributed by atoms with Crippen molar-refractivity contribution in [3.8, 4) is 0 Å². The van der Waals surface area contributed by atoms with Crippen molar-refractivity contribution in [1.82, 2.24) is 0 Å². The highest BCUT2D eigenvalue weighted by Crippen LogP contribution is 2.52. The Kier molecular flexibility index (Phi) is 2.89. The molecule has 2 aromatic rings. The summed E-state index contributed by atoms with van der Waals surface area (Å²) >= 11 is 3.96. The zero-order chi connectivity index (χ0) is 13.7. The second kappa shape index (κ2) is 4.64. The molecule has 0 aromatic heterocycles. The number of anilines is 2. The Balaban J connectivity index is 1.66. The summed E-state index contributed by atoms with van der Waals surface area (Å²) in [5.74, 6) is 0. The summed E-state index contributed by atoms with van der Waals surface area (Å²) in [6.07, 6.45) is 0. The number of rotatable bonds is 1. The second-order valence-electron chi connectivity index (χ2n) is 5.17. The van der Waals surface area contributed by atoms with Crippen LogP contribution in [0, 0.1) is 0 Å². The average Bonchev–Trinajstić information content (AvgIpc) is 2.98. The number of para-hydroxylation sites is 2. The maximum absolute atomic E-state index is 2.42. The van der Waals surface area contributed by atoms with Crippen LogP contribution in [0.2, 0.25) is 0 Å². The number of fused-ring (bicyclic) bond motifs is 2. The van der Waals surface area contributed by atoms with Crippen molar-refractivity contribution in [2.75, 3.05) is 23.9 Å². The van der Waals surface area contributed by atoms with Gasteiger partial charge >= 0.3 is 0 Å². The molecule has 2 atom stereocenters. The van der Waals surface area contributed by atoms with Crippen molar-refractivity contribution in [3.63, 3.8) is 0 Å². The average molecular weight is 300 g/mol.